The maximum Gasteiger partial charge on any atom is 0.123 e. The van der Waals surface area contributed by atoms with Crippen LogP contribution in [0.2, 0.25) is 0 Å². The Morgan fingerprint density at radius 3 is 2.62 bits per heavy atom. The van der Waals surface area contributed by atoms with Crippen LogP contribution in [0.3, 0.4) is 0 Å². The fourth-order valence-electron chi connectivity index (χ4n) is 2.30. The van der Waals surface area contributed by atoms with E-state index < -0.39 is 0 Å². The lowest BCUT2D eigenvalue weighted by Crippen LogP contribution is -2.01. The van der Waals surface area contributed by atoms with Gasteiger partial charge in [-0.3, -0.25) is 0 Å². The molecule has 2 N–H and O–H groups in total. The molecule has 1 heterocycles. The zero-order valence-electron chi connectivity index (χ0n) is 11.5. The van der Waals surface area contributed by atoms with Crippen LogP contribution in [0.15, 0.2) is 48.5 Å². The first-order valence-corrected chi connectivity index (χ1v) is 6.84. The van der Waals surface area contributed by atoms with Crippen LogP contribution in [-0.4, -0.2) is 16.7 Å². The maximum atomic E-state index is 12.8. The molecular formula is C17H16FNO2. The Balaban J connectivity index is 1.63. The second-order valence-electron chi connectivity index (χ2n) is 4.93. The van der Waals surface area contributed by atoms with E-state index in [1.54, 1.807) is 12.1 Å². The number of H-pyrrole nitrogens is 1. The van der Waals surface area contributed by atoms with Gasteiger partial charge in [0, 0.05) is 23.0 Å². The number of aliphatic hydroxyl groups is 1. The third-order valence-corrected chi connectivity index (χ3v) is 3.38. The SMILES string of the molecule is OCc1cc2cc(CCOc3ccc(F)cc3)ccc2[nH]1. The Morgan fingerprint density at radius 2 is 1.86 bits per heavy atom. The van der Waals surface area contributed by atoms with Crippen LogP contribution in [0.4, 0.5) is 4.39 Å². The molecule has 0 bridgehead atoms. The molecule has 0 saturated carbocycles. The van der Waals surface area contributed by atoms with Crippen LogP contribution >= 0.6 is 0 Å². The van der Waals surface area contributed by atoms with Crippen LogP contribution in [0.5, 0.6) is 5.75 Å². The van der Waals surface area contributed by atoms with Gasteiger partial charge in [0.05, 0.1) is 13.2 Å². The molecule has 3 rings (SSSR count). The second kappa shape index (κ2) is 5.97. The van der Waals surface area contributed by atoms with Gasteiger partial charge in [-0.25, -0.2) is 4.39 Å². The van der Waals surface area contributed by atoms with Crippen molar-refractivity contribution in [2.75, 3.05) is 6.61 Å². The molecule has 1 aromatic heterocycles. The van der Waals surface area contributed by atoms with E-state index >= 15 is 0 Å². The third kappa shape index (κ3) is 3.23. The van der Waals surface area contributed by atoms with Crippen LogP contribution in [0, 0.1) is 5.82 Å². The topological polar surface area (TPSA) is 45.2 Å². The number of halogens is 1. The van der Waals surface area contributed by atoms with E-state index in [4.69, 9.17) is 9.84 Å². The summed E-state index contributed by atoms with van der Waals surface area (Å²) in [7, 11) is 0. The fourth-order valence-corrected chi connectivity index (χ4v) is 2.30. The molecular weight excluding hydrogens is 269 g/mol. The zero-order valence-corrected chi connectivity index (χ0v) is 11.5. The predicted molar refractivity (Wildman–Crippen MR) is 79.8 cm³/mol. The molecule has 3 aromatic rings. The first-order chi connectivity index (χ1) is 10.2. The smallest absolute Gasteiger partial charge is 0.123 e. The summed E-state index contributed by atoms with van der Waals surface area (Å²) in [6.45, 7) is 0.548. The molecule has 0 radical (unpaired) electrons. The quantitative estimate of drug-likeness (QED) is 0.754. The van der Waals surface area contributed by atoms with Gasteiger partial charge < -0.3 is 14.8 Å². The summed E-state index contributed by atoms with van der Waals surface area (Å²) in [4.78, 5) is 3.14. The molecule has 108 valence electrons. The average molecular weight is 285 g/mol. The Bertz CT molecular complexity index is 734. The maximum absolute atomic E-state index is 12.8. The monoisotopic (exact) mass is 285 g/mol. The number of ether oxygens (including phenoxy) is 1. The van der Waals surface area contributed by atoms with Crippen LogP contribution in [0.1, 0.15) is 11.3 Å². The van der Waals surface area contributed by atoms with Gasteiger partial charge in [0.1, 0.15) is 11.6 Å². The molecule has 0 unspecified atom stereocenters. The Morgan fingerprint density at radius 1 is 1.05 bits per heavy atom. The second-order valence-corrected chi connectivity index (χ2v) is 4.93. The number of benzene rings is 2. The number of aromatic nitrogens is 1. The molecule has 0 spiro atoms. The molecule has 0 aliphatic rings. The highest BCUT2D eigenvalue weighted by Crippen LogP contribution is 2.18. The van der Waals surface area contributed by atoms with Crippen molar-refractivity contribution in [1.82, 2.24) is 4.98 Å². The number of hydrogen-bond donors (Lipinski definition) is 2. The van der Waals surface area contributed by atoms with Crippen LogP contribution in [0.25, 0.3) is 10.9 Å². The van der Waals surface area contributed by atoms with Gasteiger partial charge in [0.25, 0.3) is 0 Å². The van der Waals surface area contributed by atoms with E-state index in [9.17, 15) is 4.39 Å². The van der Waals surface area contributed by atoms with Gasteiger partial charge in [-0.15, -0.1) is 0 Å². The van der Waals surface area contributed by atoms with Crippen molar-refractivity contribution in [3.63, 3.8) is 0 Å². The summed E-state index contributed by atoms with van der Waals surface area (Å²) in [5.41, 5.74) is 2.99. The lowest BCUT2D eigenvalue weighted by Gasteiger charge is -2.06. The Kier molecular flexibility index (Phi) is 3.88. The van der Waals surface area contributed by atoms with Crippen LogP contribution < -0.4 is 4.74 Å². The van der Waals surface area contributed by atoms with Crippen molar-refractivity contribution < 1.29 is 14.2 Å². The summed E-state index contributed by atoms with van der Waals surface area (Å²) in [5, 5.41) is 10.2. The Hall–Kier alpha value is -2.33. The van der Waals surface area contributed by atoms with Gasteiger partial charge in [0.15, 0.2) is 0 Å². The minimum absolute atomic E-state index is 0.0116. The minimum Gasteiger partial charge on any atom is -0.493 e. The minimum atomic E-state index is -0.264. The zero-order chi connectivity index (χ0) is 14.7. The Labute approximate surface area is 122 Å². The number of aromatic amines is 1. The van der Waals surface area contributed by atoms with E-state index in [0.29, 0.717) is 12.4 Å². The van der Waals surface area contributed by atoms with Gasteiger partial charge >= 0.3 is 0 Å². The molecule has 4 heteroatoms. The third-order valence-electron chi connectivity index (χ3n) is 3.38. The van der Waals surface area contributed by atoms with E-state index in [-0.39, 0.29) is 12.4 Å². The highest BCUT2D eigenvalue weighted by Gasteiger charge is 2.02. The molecule has 0 fully saturated rings. The lowest BCUT2D eigenvalue weighted by molar-refractivity contribution is 0.278. The molecule has 0 atom stereocenters. The summed E-state index contributed by atoms with van der Waals surface area (Å²) in [5.74, 6) is 0.404. The van der Waals surface area contributed by atoms with E-state index in [1.165, 1.54) is 12.1 Å². The van der Waals surface area contributed by atoms with Crippen molar-refractivity contribution >= 4 is 10.9 Å². The molecule has 0 aliphatic carbocycles. The number of fused-ring (bicyclic) bond motifs is 1. The molecule has 2 aromatic carbocycles. The van der Waals surface area contributed by atoms with E-state index in [2.05, 4.69) is 11.1 Å². The van der Waals surface area contributed by atoms with Gasteiger partial charge in [-0.05, 0) is 48.0 Å². The normalized spacial score (nSPS) is 11.0. The van der Waals surface area contributed by atoms with E-state index in [1.807, 2.05) is 18.2 Å². The largest absolute Gasteiger partial charge is 0.493 e. The highest BCUT2D eigenvalue weighted by molar-refractivity contribution is 5.81. The molecule has 0 amide bonds. The first-order valence-electron chi connectivity index (χ1n) is 6.84. The van der Waals surface area contributed by atoms with Gasteiger partial charge in [-0.1, -0.05) is 6.07 Å². The molecule has 21 heavy (non-hydrogen) atoms. The molecule has 0 aliphatic heterocycles. The van der Waals surface area contributed by atoms with Crippen molar-refractivity contribution in [2.45, 2.75) is 13.0 Å². The van der Waals surface area contributed by atoms with Gasteiger partial charge in [0.2, 0.25) is 0 Å². The van der Waals surface area contributed by atoms with Gasteiger partial charge in [-0.2, -0.15) is 0 Å². The number of nitrogens with one attached hydrogen (secondary N) is 1. The van der Waals surface area contributed by atoms with Crippen LogP contribution in [-0.2, 0) is 13.0 Å². The predicted octanol–water partition coefficient (Wildman–Crippen LogP) is 3.42. The highest BCUT2D eigenvalue weighted by atomic mass is 19.1. The summed E-state index contributed by atoms with van der Waals surface area (Å²) in [6, 6.07) is 14.1. The van der Waals surface area contributed by atoms with Crippen molar-refractivity contribution in [3.05, 3.63) is 65.6 Å². The molecule has 3 nitrogen and oxygen atoms in total. The van der Waals surface area contributed by atoms with Crippen molar-refractivity contribution in [1.29, 1.82) is 0 Å². The number of aliphatic hydroxyl groups excluding tert-OH is 1. The fraction of sp³-hybridized carbons (Fsp3) is 0.176. The number of rotatable bonds is 5. The average Bonchev–Trinajstić information content (AvgIpc) is 2.91. The van der Waals surface area contributed by atoms with Crippen molar-refractivity contribution in [2.24, 2.45) is 0 Å². The van der Waals surface area contributed by atoms with E-state index in [0.717, 1.165) is 28.6 Å². The summed E-state index contributed by atoms with van der Waals surface area (Å²) in [6.07, 6.45) is 0.771. The number of hydrogen-bond acceptors (Lipinski definition) is 2. The standard InChI is InChI=1S/C17H16FNO2/c18-14-2-4-16(5-3-14)21-8-7-12-1-6-17-13(9-12)10-15(11-20)19-17/h1-6,9-10,19-20H,7-8,11H2. The van der Waals surface area contributed by atoms with Crippen molar-refractivity contribution in [3.8, 4) is 5.75 Å². The summed E-state index contributed by atoms with van der Waals surface area (Å²) >= 11 is 0. The first kappa shape index (κ1) is 13.6. The molecule has 0 saturated heterocycles. The summed E-state index contributed by atoms with van der Waals surface area (Å²) < 4.78 is 18.4. The lowest BCUT2D eigenvalue weighted by atomic mass is 10.1.